The highest BCUT2D eigenvalue weighted by Crippen LogP contribution is 2.46. The van der Waals surface area contributed by atoms with Crippen molar-refractivity contribution in [3.05, 3.63) is 35.9 Å². The highest BCUT2D eigenvalue weighted by atomic mass is 19.4. The van der Waals surface area contributed by atoms with E-state index in [1.807, 2.05) is 6.07 Å². The number of ether oxygens (including phenoxy) is 1. The van der Waals surface area contributed by atoms with Crippen LogP contribution in [-0.4, -0.2) is 36.4 Å². The van der Waals surface area contributed by atoms with Gasteiger partial charge in [0.25, 0.3) is 0 Å². The molecule has 7 heteroatoms. The summed E-state index contributed by atoms with van der Waals surface area (Å²) in [6.07, 6.45) is -4.33. The molecule has 1 aromatic rings. The van der Waals surface area contributed by atoms with Gasteiger partial charge in [-0.05, 0) is 12.5 Å². The van der Waals surface area contributed by atoms with Gasteiger partial charge in [-0.3, -0.25) is 0 Å². The molecule has 1 heterocycles. The van der Waals surface area contributed by atoms with Crippen LogP contribution in [-0.2, 0) is 9.53 Å². The maximum absolute atomic E-state index is 10.6. The number of carboxylic acid groups (broad SMARTS) is 1. The highest BCUT2D eigenvalue weighted by molar-refractivity contribution is 5.73. The zero-order valence-electron chi connectivity index (χ0n) is 12.0. The maximum Gasteiger partial charge on any atom is 0.490 e. The molecule has 0 amide bonds. The summed E-state index contributed by atoms with van der Waals surface area (Å²) < 4.78 is 37.8. The molecule has 0 aromatic heterocycles. The molecule has 4 nitrogen and oxygen atoms in total. The largest absolute Gasteiger partial charge is 0.490 e. The molecule has 4 atom stereocenters. The van der Waals surface area contributed by atoms with E-state index >= 15 is 0 Å². The van der Waals surface area contributed by atoms with Crippen LogP contribution in [0.4, 0.5) is 13.2 Å². The third-order valence-corrected chi connectivity index (χ3v) is 3.89. The standard InChI is InChI=1S/C13H17NO.C2HF3O2/c1-9(10-5-3-2-4-6-10)15-13-11-7-14-8-12(11)13;3-2(4,5)1(6)7/h2-6,9,11-14H,7-8H2,1H3;(H,6,7)/t9?,11-,12+,13?;. The van der Waals surface area contributed by atoms with Crippen molar-refractivity contribution in [2.75, 3.05) is 13.1 Å². The molecular weight excluding hydrogens is 299 g/mol. The predicted octanol–water partition coefficient (Wildman–Crippen LogP) is 2.62. The molecular formula is C15H18F3NO3. The zero-order chi connectivity index (χ0) is 16.3. The highest BCUT2D eigenvalue weighted by Gasteiger charge is 2.54. The Balaban J connectivity index is 0.000000217. The topological polar surface area (TPSA) is 58.6 Å². The molecule has 0 spiro atoms. The van der Waals surface area contributed by atoms with Crippen molar-refractivity contribution < 1.29 is 27.8 Å². The molecule has 2 N–H and O–H groups in total. The number of halogens is 3. The number of hydrogen-bond donors (Lipinski definition) is 2. The van der Waals surface area contributed by atoms with E-state index in [0.29, 0.717) is 6.10 Å². The van der Waals surface area contributed by atoms with Gasteiger partial charge in [-0.25, -0.2) is 4.79 Å². The monoisotopic (exact) mass is 317 g/mol. The summed E-state index contributed by atoms with van der Waals surface area (Å²) in [6, 6.07) is 10.5. The van der Waals surface area contributed by atoms with Crippen LogP contribution in [0.3, 0.4) is 0 Å². The quantitative estimate of drug-likeness (QED) is 0.900. The van der Waals surface area contributed by atoms with Crippen LogP contribution in [0, 0.1) is 11.8 Å². The molecule has 2 fully saturated rings. The summed E-state index contributed by atoms with van der Waals surface area (Å²) >= 11 is 0. The average molecular weight is 317 g/mol. The summed E-state index contributed by atoms with van der Waals surface area (Å²) in [5.74, 6) is -1.18. The Morgan fingerprint density at radius 3 is 2.23 bits per heavy atom. The molecule has 3 rings (SSSR count). The lowest BCUT2D eigenvalue weighted by Crippen LogP contribution is -2.21. The van der Waals surface area contributed by atoms with E-state index < -0.39 is 12.1 Å². The minimum absolute atomic E-state index is 0.238. The lowest BCUT2D eigenvalue weighted by Gasteiger charge is -2.15. The Bertz CT molecular complexity index is 497. The van der Waals surface area contributed by atoms with Gasteiger partial charge in [0.05, 0.1) is 12.2 Å². The minimum atomic E-state index is -5.08. The van der Waals surface area contributed by atoms with E-state index in [1.54, 1.807) is 0 Å². The number of carboxylic acids is 1. The first-order valence-corrected chi connectivity index (χ1v) is 7.02. The first-order valence-electron chi connectivity index (χ1n) is 7.02. The van der Waals surface area contributed by atoms with Crippen molar-refractivity contribution in [1.29, 1.82) is 0 Å². The molecule has 1 saturated carbocycles. The minimum Gasteiger partial charge on any atom is -0.475 e. The van der Waals surface area contributed by atoms with Gasteiger partial charge >= 0.3 is 12.1 Å². The number of carbonyl (C=O) groups is 1. The fraction of sp³-hybridized carbons (Fsp3) is 0.533. The Kier molecular flexibility index (Phi) is 5.08. The number of fused-ring (bicyclic) bond motifs is 1. The number of alkyl halides is 3. The molecule has 0 bridgehead atoms. The van der Waals surface area contributed by atoms with Gasteiger partial charge < -0.3 is 15.2 Å². The van der Waals surface area contributed by atoms with Crippen LogP contribution < -0.4 is 5.32 Å². The van der Waals surface area contributed by atoms with Crippen LogP contribution in [0.15, 0.2) is 30.3 Å². The summed E-state index contributed by atoms with van der Waals surface area (Å²) in [4.78, 5) is 8.90. The second kappa shape index (κ2) is 6.66. The van der Waals surface area contributed by atoms with E-state index in [1.165, 1.54) is 5.56 Å². The van der Waals surface area contributed by atoms with Gasteiger partial charge in [0, 0.05) is 24.9 Å². The fourth-order valence-electron chi connectivity index (χ4n) is 2.60. The van der Waals surface area contributed by atoms with Crippen molar-refractivity contribution in [2.45, 2.75) is 25.3 Å². The van der Waals surface area contributed by atoms with Crippen LogP contribution >= 0.6 is 0 Å². The Morgan fingerprint density at radius 2 is 1.77 bits per heavy atom. The first-order chi connectivity index (χ1) is 10.3. The third kappa shape index (κ3) is 4.20. The van der Waals surface area contributed by atoms with Gasteiger partial charge in [-0.15, -0.1) is 0 Å². The molecule has 2 aliphatic rings. The molecule has 1 aromatic carbocycles. The van der Waals surface area contributed by atoms with E-state index in [9.17, 15) is 13.2 Å². The van der Waals surface area contributed by atoms with Crippen LogP contribution in [0.1, 0.15) is 18.6 Å². The second-order valence-electron chi connectivity index (χ2n) is 5.44. The summed E-state index contributed by atoms with van der Waals surface area (Å²) in [6.45, 7) is 4.45. The third-order valence-electron chi connectivity index (χ3n) is 3.89. The van der Waals surface area contributed by atoms with Crippen LogP contribution in [0.5, 0.6) is 0 Å². The lowest BCUT2D eigenvalue weighted by molar-refractivity contribution is -0.192. The number of hydrogen-bond acceptors (Lipinski definition) is 3. The van der Waals surface area contributed by atoms with Crippen LogP contribution in [0.25, 0.3) is 0 Å². The number of rotatable bonds is 3. The summed E-state index contributed by atoms with van der Waals surface area (Å²) in [5.41, 5.74) is 1.29. The molecule has 1 aliphatic carbocycles. The van der Waals surface area contributed by atoms with Gasteiger partial charge in [-0.1, -0.05) is 30.3 Å². The summed E-state index contributed by atoms with van der Waals surface area (Å²) in [7, 11) is 0. The van der Waals surface area contributed by atoms with Crippen molar-refractivity contribution in [1.82, 2.24) is 5.32 Å². The Hall–Kier alpha value is -1.60. The molecule has 0 radical (unpaired) electrons. The van der Waals surface area contributed by atoms with Crippen molar-refractivity contribution in [3.63, 3.8) is 0 Å². The van der Waals surface area contributed by atoms with Gasteiger partial charge in [0.2, 0.25) is 0 Å². The number of nitrogens with one attached hydrogen (secondary N) is 1. The molecule has 1 saturated heterocycles. The molecule has 1 aliphatic heterocycles. The van der Waals surface area contributed by atoms with E-state index in [-0.39, 0.29) is 6.10 Å². The smallest absolute Gasteiger partial charge is 0.475 e. The predicted molar refractivity (Wildman–Crippen MR) is 73.3 cm³/mol. The lowest BCUT2D eigenvalue weighted by atomic mass is 10.1. The van der Waals surface area contributed by atoms with E-state index in [4.69, 9.17) is 14.6 Å². The molecule has 122 valence electrons. The van der Waals surface area contributed by atoms with E-state index in [0.717, 1.165) is 24.9 Å². The van der Waals surface area contributed by atoms with Gasteiger partial charge in [0.1, 0.15) is 0 Å². The maximum atomic E-state index is 10.6. The Labute approximate surface area is 126 Å². The number of piperidine rings is 1. The number of aliphatic carboxylic acids is 1. The average Bonchev–Trinajstić information content (AvgIpc) is 2.89. The van der Waals surface area contributed by atoms with Crippen molar-refractivity contribution in [3.8, 4) is 0 Å². The van der Waals surface area contributed by atoms with Crippen molar-refractivity contribution in [2.24, 2.45) is 11.8 Å². The zero-order valence-corrected chi connectivity index (χ0v) is 12.0. The van der Waals surface area contributed by atoms with Crippen molar-refractivity contribution >= 4 is 5.97 Å². The first kappa shape index (κ1) is 16.8. The fourth-order valence-corrected chi connectivity index (χ4v) is 2.60. The normalized spacial score (nSPS) is 27.4. The summed E-state index contributed by atoms with van der Waals surface area (Å²) in [5, 5.41) is 10.5. The SMILES string of the molecule is CC(OC1[C@H]2CNC[C@@H]12)c1ccccc1.O=C(O)C(F)(F)F. The molecule has 22 heavy (non-hydrogen) atoms. The Morgan fingerprint density at radius 1 is 1.27 bits per heavy atom. The van der Waals surface area contributed by atoms with Crippen LogP contribution in [0.2, 0.25) is 0 Å². The van der Waals surface area contributed by atoms with Gasteiger partial charge in [0.15, 0.2) is 0 Å². The number of benzene rings is 1. The van der Waals surface area contributed by atoms with Gasteiger partial charge in [-0.2, -0.15) is 13.2 Å². The van der Waals surface area contributed by atoms with E-state index in [2.05, 4.69) is 36.5 Å². The second-order valence-corrected chi connectivity index (χ2v) is 5.44. The molecule has 2 unspecified atom stereocenters.